The van der Waals surface area contributed by atoms with Gasteiger partial charge >= 0.3 is 0 Å². The summed E-state index contributed by atoms with van der Waals surface area (Å²) in [5.74, 6) is 0.888. The Labute approximate surface area is 118 Å². The van der Waals surface area contributed by atoms with Crippen molar-refractivity contribution in [2.45, 2.75) is 32.9 Å². The first kappa shape index (κ1) is 14.0. The molecule has 102 valence electrons. The van der Waals surface area contributed by atoms with E-state index in [4.69, 9.17) is 4.74 Å². The molecule has 2 aromatic rings. The molecule has 0 fully saturated rings. The van der Waals surface area contributed by atoms with Crippen molar-refractivity contribution in [3.63, 3.8) is 0 Å². The van der Waals surface area contributed by atoms with Crippen molar-refractivity contribution >= 4 is 11.3 Å². The molecule has 1 aromatic carbocycles. The second-order valence-electron chi connectivity index (χ2n) is 4.51. The lowest BCUT2D eigenvalue weighted by Gasteiger charge is -2.14. The molecule has 0 radical (unpaired) electrons. The predicted octanol–water partition coefficient (Wildman–Crippen LogP) is 3.78. The fourth-order valence-electron chi connectivity index (χ4n) is 1.80. The van der Waals surface area contributed by atoms with Crippen molar-refractivity contribution in [3.8, 4) is 5.75 Å². The molecule has 0 aliphatic rings. The van der Waals surface area contributed by atoms with E-state index in [1.807, 2.05) is 23.0 Å². The van der Waals surface area contributed by atoms with Crippen LogP contribution in [0.3, 0.4) is 0 Å². The highest BCUT2D eigenvalue weighted by Gasteiger charge is 2.04. The maximum absolute atomic E-state index is 5.69. The molecule has 0 spiro atoms. The normalized spacial score (nSPS) is 12.3. The van der Waals surface area contributed by atoms with E-state index in [1.165, 1.54) is 5.56 Å². The number of aromatic nitrogens is 1. The highest BCUT2D eigenvalue weighted by molar-refractivity contribution is 7.07. The van der Waals surface area contributed by atoms with Crippen LogP contribution in [0.25, 0.3) is 0 Å². The Morgan fingerprint density at radius 1 is 1.32 bits per heavy atom. The smallest absolute Gasteiger partial charge is 0.131 e. The molecule has 1 unspecified atom stereocenters. The van der Waals surface area contributed by atoms with Crippen LogP contribution in [-0.2, 0) is 6.61 Å². The van der Waals surface area contributed by atoms with E-state index in [2.05, 4.69) is 36.3 Å². The van der Waals surface area contributed by atoms with Gasteiger partial charge in [-0.25, -0.2) is 4.98 Å². The summed E-state index contributed by atoms with van der Waals surface area (Å²) in [4.78, 5) is 4.19. The lowest BCUT2D eigenvalue weighted by atomic mass is 10.1. The Balaban J connectivity index is 1.87. The molecule has 3 nitrogen and oxygen atoms in total. The van der Waals surface area contributed by atoms with Crippen LogP contribution in [0.1, 0.15) is 37.6 Å². The Bertz CT molecular complexity index is 467. The van der Waals surface area contributed by atoms with Crippen molar-refractivity contribution in [2.24, 2.45) is 0 Å². The van der Waals surface area contributed by atoms with Gasteiger partial charge in [-0.3, -0.25) is 0 Å². The maximum atomic E-state index is 5.69. The van der Waals surface area contributed by atoms with Crippen molar-refractivity contribution in [1.82, 2.24) is 10.3 Å². The highest BCUT2D eigenvalue weighted by atomic mass is 32.1. The van der Waals surface area contributed by atoms with Crippen molar-refractivity contribution in [2.75, 3.05) is 6.54 Å². The van der Waals surface area contributed by atoms with Gasteiger partial charge < -0.3 is 10.1 Å². The number of thiazole rings is 1. The third kappa shape index (κ3) is 4.33. The molecule has 0 saturated carbocycles. The Morgan fingerprint density at radius 3 is 2.74 bits per heavy atom. The van der Waals surface area contributed by atoms with E-state index in [1.54, 1.807) is 11.3 Å². The summed E-state index contributed by atoms with van der Waals surface area (Å²) in [7, 11) is 0. The van der Waals surface area contributed by atoms with E-state index in [0.717, 1.165) is 24.4 Å². The summed E-state index contributed by atoms with van der Waals surface area (Å²) in [6.45, 7) is 5.94. The monoisotopic (exact) mass is 276 g/mol. The molecule has 0 aliphatic carbocycles. The largest absolute Gasteiger partial charge is 0.487 e. The van der Waals surface area contributed by atoms with E-state index in [0.29, 0.717) is 12.6 Å². The van der Waals surface area contributed by atoms with Gasteiger partial charge in [0.2, 0.25) is 0 Å². The Morgan fingerprint density at radius 2 is 2.11 bits per heavy atom. The summed E-state index contributed by atoms with van der Waals surface area (Å²) in [6.07, 6.45) is 1.15. The molecule has 0 amide bonds. The molecule has 1 N–H and O–H groups in total. The second kappa shape index (κ2) is 7.26. The summed E-state index contributed by atoms with van der Waals surface area (Å²) >= 11 is 1.59. The predicted molar refractivity (Wildman–Crippen MR) is 79.6 cm³/mol. The number of ether oxygens (including phenoxy) is 1. The second-order valence-corrected chi connectivity index (χ2v) is 5.23. The fourth-order valence-corrected chi connectivity index (χ4v) is 2.34. The van der Waals surface area contributed by atoms with Gasteiger partial charge in [0.25, 0.3) is 0 Å². The zero-order valence-electron chi connectivity index (χ0n) is 11.4. The van der Waals surface area contributed by atoms with Crippen molar-refractivity contribution in [3.05, 3.63) is 46.4 Å². The molecule has 0 aliphatic heterocycles. The van der Waals surface area contributed by atoms with Crippen LogP contribution in [0.2, 0.25) is 0 Å². The molecule has 1 atom stereocenters. The van der Waals surface area contributed by atoms with Crippen LogP contribution in [0.4, 0.5) is 0 Å². The van der Waals surface area contributed by atoms with Gasteiger partial charge in [-0.15, -0.1) is 11.3 Å². The number of rotatable bonds is 7. The zero-order valence-corrected chi connectivity index (χ0v) is 12.2. The Kier molecular flexibility index (Phi) is 5.36. The third-order valence-electron chi connectivity index (χ3n) is 2.95. The molecule has 0 saturated heterocycles. The number of hydrogen-bond donors (Lipinski definition) is 1. The van der Waals surface area contributed by atoms with Gasteiger partial charge in [0.15, 0.2) is 0 Å². The number of hydrogen-bond acceptors (Lipinski definition) is 4. The first-order valence-electron chi connectivity index (χ1n) is 6.62. The number of benzene rings is 1. The standard InChI is InChI=1S/C15H20N2OS/c1-3-8-16-12(2)13-4-6-15(7-5-13)18-9-14-10-19-11-17-14/h4-7,10-12,16H,3,8-9H2,1-2H3. The van der Waals surface area contributed by atoms with Crippen LogP contribution >= 0.6 is 11.3 Å². The SMILES string of the molecule is CCCNC(C)c1ccc(OCc2cscn2)cc1. The molecule has 4 heteroatoms. The van der Waals surface area contributed by atoms with Crippen LogP contribution in [0.15, 0.2) is 35.2 Å². The Hall–Kier alpha value is -1.39. The molecule has 0 bridgehead atoms. The van der Waals surface area contributed by atoms with Crippen LogP contribution in [0, 0.1) is 0 Å². The zero-order chi connectivity index (χ0) is 13.5. The highest BCUT2D eigenvalue weighted by Crippen LogP contribution is 2.18. The molecule has 19 heavy (non-hydrogen) atoms. The van der Waals surface area contributed by atoms with Crippen molar-refractivity contribution < 1.29 is 4.74 Å². The van der Waals surface area contributed by atoms with Gasteiger partial charge in [-0.05, 0) is 37.6 Å². The minimum absolute atomic E-state index is 0.382. The van der Waals surface area contributed by atoms with Gasteiger partial charge in [0.05, 0.1) is 11.2 Å². The van der Waals surface area contributed by atoms with E-state index in [-0.39, 0.29) is 0 Å². The lowest BCUT2D eigenvalue weighted by molar-refractivity contribution is 0.302. The quantitative estimate of drug-likeness (QED) is 0.835. The van der Waals surface area contributed by atoms with Crippen LogP contribution < -0.4 is 10.1 Å². The third-order valence-corrected chi connectivity index (χ3v) is 3.59. The summed E-state index contributed by atoms with van der Waals surface area (Å²) in [5.41, 5.74) is 4.09. The molecular weight excluding hydrogens is 256 g/mol. The maximum Gasteiger partial charge on any atom is 0.131 e. The van der Waals surface area contributed by atoms with Gasteiger partial charge in [0.1, 0.15) is 12.4 Å². The van der Waals surface area contributed by atoms with E-state index >= 15 is 0 Å². The van der Waals surface area contributed by atoms with E-state index in [9.17, 15) is 0 Å². The van der Waals surface area contributed by atoms with Crippen LogP contribution in [0.5, 0.6) is 5.75 Å². The van der Waals surface area contributed by atoms with Crippen LogP contribution in [-0.4, -0.2) is 11.5 Å². The molecular formula is C15H20N2OS. The van der Waals surface area contributed by atoms with E-state index < -0.39 is 0 Å². The van der Waals surface area contributed by atoms with Crippen molar-refractivity contribution in [1.29, 1.82) is 0 Å². The number of nitrogens with one attached hydrogen (secondary N) is 1. The summed E-state index contributed by atoms with van der Waals surface area (Å²) < 4.78 is 5.69. The lowest BCUT2D eigenvalue weighted by Crippen LogP contribution is -2.19. The first-order valence-corrected chi connectivity index (χ1v) is 7.57. The molecule has 2 rings (SSSR count). The summed E-state index contributed by atoms with van der Waals surface area (Å²) in [5, 5.41) is 5.48. The molecule has 1 heterocycles. The van der Waals surface area contributed by atoms with Gasteiger partial charge in [-0.2, -0.15) is 0 Å². The summed E-state index contributed by atoms with van der Waals surface area (Å²) in [6, 6.07) is 8.65. The average Bonchev–Trinajstić information content (AvgIpc) is 2.96. The minimum Gasteiger partial charge on any atom is -0.487 e. The molecule has 1 aromatic heterocycles. The fraction of sp³-hybridized carbons (Fsp3) is 0.400. The topological polar surface area (TPSA) is 34.1 Å². The number of nitrogens with zero attached hydrogens (tertiary/aromatic N) is 1. The first-order chi connectivity index (χ1) is 9.29. The minimum atomic E-state index is 0.382. The van der Waals surface area contributed by atoms with Gasteiger partial charge in [-0.1, -0.05) is 19.1 Å². The average molecular weight is 276 g/mol. The van der Waals surface area contributed by atoms with Gasteiger partial charge in [0, 0.05) is 11.4 Å².